The Morgan fingerprint density at radius 2 is 2.10 bits per heavy atom. The van der Waals surface area contributed by atoms with E-state index in [0.29, 0.717) is 17.9 Å². The quantitative estimate of drug-likeness (QED) is 0.476. The Balaban J connectivity index is 2.23. The van der Waals surface area contributed by atoms with Crippen LogP contribution in [-0.2, 0) is 13.1 Å². The predicted octanol–water partition coefficient (Wildman–Crippen LogP) is 0.613. The number of hydrogen-bond donors (Lipinski definition) is 2. The molecular formula is C13H18N4O3. The zero-order valence-corrected chi connectivity index (χ0v) is 11.5. The molecule has 2 rings (SSSR count). The Hall–Kier alpha value is -2.28. The molecule has 7 nitrogen and oxygen atoms in total. The van der Waals surface area contributed by atoms with Crippen LogP contribution in [0.3, 0.4) is 0 Å². The highest BCUT2D eigenvalue weighted by Gasteiger charge is 2.15. The van der Waals surface area contributed by atoms with Crippen molar-refractivity contribution in [2.45, 2.75) is 33.4 Å². The zero-order chi connectivity index (χ0) is 14.7. The molecule has 0 unspecified atom stereocenters. The number of nitrogens with one attached hydrogen (secondary N) is 1. The molecule has 20 heavy (non-hydrogen) atoms. The van der Waals surface area contributed by atoms with Crippen molar-refractivity contribution in [2.24, 2.45) is 5.84 Å². The number of nitrogens with two attached hydrogens (primary N) is 1. The fourth-order valence-corrected chi connectivity index (χ4v) is 2.07. The molecule has 3 N–H and O–H groups in total. The van der Waals surface area contributed by atoms with Gasteiger partial charge in [-0.2, -0.15) is 0 Å². The summed E-state index contributed by atoms with van der Waals surface area (Å²) < 4.78 is 8.62. The lowest BCUT2D eigenvalue weighted by Crippen LogP contribution is -2.30. The number of aromatic nitrogens is 2. The summed E-state index contributed by atoms with van der Waals surface area (Å²) in [6.45, 7) is 4.73. The maximum absolute atomic E-state index is 12.0. The number of imidazole rings is 1. The molecule has 0 saturated carbocycles. The summed E-state index contributed by atoms with van der Waals surface area (Å²) in [6.07, 6.45) is 4.35. The summed E-state index contributed by atoms with van der Waals surface area (Å²) in [4.78, 5) is 23.5. The van der Waals surface area contributed by atoms with E-state index < -0.39 is 5.91 Å². The molecule has 0 aliphatic rings. The molecule has 0 atom stereocenters. The summed E-state index contributed by atoms with van der Waals surface area (Å²) in [5, 5.41) is 0. The SMILES string of the molecule is CCCn1ccn(Cc2cc(C)c(C(=O)NN)o2)c1=O. The van der Waals surface area contributed by atoms with Gasteiger partial charge in [-0.05, 0) is 19.4 Å². The summed E-state index contributed by atoms with van der Waals surface area (Å²) >= 11 is 0. The van der Waals surface area contributed by atoms with Crippen LogP contribution in [0, 0.1) is 6.92 Å². The molecule has 2 aromatic heterocycles. The van der Waals surface area contributed by atoms with Crippen molar-refractivity contribution in [2.75, 3.05) is 0 Å². The van der Waals surface area contributed by atoms with E-state index in [9.17, 15) is 9.59 Å². The molecule has 0 spiro atoms. The van der Waals surface area contributed by atoms with E-state index in [0.717, 1.165) is 6.42 Å². The van der Waals surface area contributed by atoms with Crippen molar-refractivity contribution in [3.05, 3.63) is 46.0 Å². The molecule has 108 valence electrons. The highest BCUT2D eigenvalue weighted by Crippen LogP contribution is 2.15. The third kappa shape index (κ3) is 2.67. The maximum atomic E-state index is 12.0. The van der Waals surface area contributed by atoms with E-state index in [1.54, 1.807) is 30.0 Å². The van der Waals surface area contributed by atoms with E-state index in [1.807, 2.05) is 12.3 Å². The van der Waals surface area contributed by atoms with E-state index in [-0.39, 0.29) is 18.0 Å². The molecule has 0 fully saturated rings. The molecule has 0 radical (unpaired) electrons. The third-order valence-corrected chi connectivity index (χ3v) is 3.01. The maximum Gasteiger partial charge on any atom is 0.328 e. The van der Waals surface area contributed by atoms with Gasteiger partial charge in [-0.25, -0.2) is 10.6 Å². The van der Waals surface area contributed by atoms with Gasteiger partial charge < -0.3 is 4.42 Å². The highest BCUT2D eigenvalue weighted by molar-refractivity contribution is 5.92. The predicted molar refractivity (Wildman–Crippen MR) is 73.2 cm³/mol. The summed E-state index contributed by atoms with van der Waals surface area (Å²) in [7, 11) is 0. The Morgan fingerprint density at radius 3 is 2.75 bits per heavy atom. The number of hydrogen-bond acceptors (Lipinski definition) is 4. The van der Waals surface area contributed by atoms with Crippen LogP contribution < -0.4 is 17.0 Å². The molecule has 2 aromatic rings. The Bertz CT molecular complexity index is 665. The number of amides is 1. The van der Waals surface area contributed by atoms with Gasteiger partial charge in [0.15, 0.2) is 5.76 Å². The van der Waals surface area contributed by atoms with Gasteiger partial charge in [-0.1, -0.05) is 6.92 Å². The first kappa shape index (κ1) is 14.1. The van der Waals surface area contributed by atoms with E-state index in [4.69, 9.17) is 10.3 Å². The summed E-state index contributed by atoms with van der Waals surface area (Å²) in [5.74, 6) is 5.30. The molecule has 2 heterocycles. The van der Waals surface area contributed by atoms with Crippen molar-refractivity contribution < 1.29 is 9.21 Å². The lowest BCUT2D eigenvalue weighted by atomic mass is 10.2. The lowest BCUT2D eigenvalue weighted by molar-refractivity contribution is 0.0923. The van der Waals surface area contributed by atoms with Gasteiger partial charge in [-0.3, -0.25) is 19.4 Å². The molecule has 0 aromatic carbocycles. The van der Waals surface area contributed by atoms with E-state index >= 15 is 0 Å². The first-order valence-corrected chi connectivity index (χ1v) is 6.42. The van der Waals surface area contributed by atoms with Crippen molar-refractivity contribution in [1.82, 2.24) is 14.6 Å². The van der Waals surface area contributed by atoms with E-state index in [2.05, 4.69) is 0 Å². The summed E-state index contributed by atoms with van der Waals surface area (Å²) in [5.41, 5.74) is 2.62. The minimum Gasteiger partial charge on any atom is -0.454 e. The van der Waals surface area contributed by atoms with Gasteiger partial charge in [0.25, 0.3) is 0 Å². The molecule has 0 bridgehead atoms. The van der Waals surface area contributed by atoms with Gasteiger partial charge in [-0.15, -0.1) is 0 Å². The number of nitrogens with zero attached hydrogens (tertiary/aromatic N) is 2. The van der Waals surface area contributed by atoms with Crippen molar-refractivity contribution in [1.29, 1.82) is 0 Å². The number of nitrogen functional groups attached to an aromatic ring is 1. The Kier molecular flexibility index (Phi) is 4.09. The molecule has 0 saturated heterocycles. The number of carbonyl (C=O) groups is 1. The number of furan rings is 1. The van der Waals surface area contributed by atoms with Crippen LogP contribution in [0.15, 0.2) is 27.7 Å². The van der Waals surface area contributed by atoms with Gasteiger partial charge in [0.1, 0.15) is 5.76 Å². The lowest BCUT2D eigenvalue weighted by Gasteiger charge is -1.99. The highest BCUT2D eigenvalue weighted by atomic mass is 16.4. The largest absolute Gasteiger partial charge is 0.454 e. The van der Waals surface area contributed by atoms with Gasteiger partial charge >= 0.3 is 11.6 Å². The second kappa shape index (κ2) is 5.79. The topological polar surface area (TPSA) is 95.2 Å². The smallest absolute Gasteiger partial charge is 0.328 e. The van der Waals surface area contributed by atoms with Crippen molar-refractivity contribution in [3.8, 4) is 0 Å². The third-order valence-electron chi connectivity index (χ3n) is 3.01. The first-order valence-electron chi connectivity index (χ1n) is 6.42. The van der Waals surface area contributed by atoms with Crippen LogP contribution in [0.25, 0.3) is 0 Å². The number of hydrazine groups is 1. The summed E-state index contributed by atoms with van der Waals surface area (Å²) in [6, 6.07) is 1.73. The average Bonchev–Trinajstić information content (AvgIpc) is 2.96. The number of rotatable bonds is 5. The molecule has 0 aliphatic heterocycles. The van der Waals surface area contributed by atoms with Crippen LogP contribution in [-0.4, -0.2) is 15.0 Å². The standard InChI is InChI=1S/C13H18N4O3/c1-3-4-16-5-6-17(13(16)19)8-10-7-9(2)11(20-10)12(18)15-14/h5-7H,3-4,8,14H2,1-2H3,(H,15,18). The van der Waals surface area contributed by atoms with Crippen molar-refractivity contribution >= 4 is 5.91 Å². The average molecular weight is 278 g/mol. The number of carbonyl (C=O) groups excluding carboxylic acids is 1. The monoisotopic (exact) mass is 278 g/mol. The fourth-order valence-electron chi connectivity index (χ4n) is 2.07. The van der Waals surface area contributed by atoms with E-state index in [1.165, 1.54) is 4.57 Å². The second-order valence-electron chi connectivity index (χ2n) is 4.60. The van der Waals surface area contributed by atoms with Crippen molar-refractivity contribution in [3.63, 3.8) is 0 Å². The first-order chi connectivity index (χ1) is 9.56. The van der Waals surface area contributed by atoms with Gasteiger partial charge in [0, 0.05) is 24.5 Å². The second-order valence-corrected chi connectivity index (χ2v) is 4.60. The zero-order valence-electron chi connectivity index (χ0n) is 11.5. The molecular weight excluding hydrogens is 260 g/mol. The number of aryl methyl sites for hydroxylation is 2. The molecule has 0 aliphatic carbocycles. The van der Waals surface area contributed by atoms with Crippen LogP contribution in [0.5, 0.6) is 0 Å². The van der Waals surface area contributed by atoms with Crippen LogP contribution in [0.4, 0.5) is 0 Å². The van der Waals surface area contributed by atoms with Crippen LogP contribution in [0.1, 0.15) is 35.2 Å². The minimum absolute atomic E-state index is 0.0919. The fraction of sp³-hybridized carbons (Fsp3) is 0.385. The Morgan fingerprint density at radius 1 is 1.40 bits per heavy atom. The Labute approximate surface area is 116 Å². The molecule has 7 heteroatoms. The normalized spacial score (nSPS) is 10.8. The van der Waals surface area contributed by atoms with Gasteiger partial charge in [0.2, 0.25) is 0 Å². The van der Waals surface area contributed by atoms with Crippen LogP contribution in [0.2, 0.25) is 0 Å². The molecule has 1 amide bonds. The van der Waals surface area contributed by atoms with Gasteiger partial charge in [0.05, 0.1) is 6.54 Å². The minimum atomic E-state index is -0.482. The van der Waals surface area contributed by atoms with Crippen LogP contribution >= 0.6 is 0 Å².